The summed E-state index contributed by atoms with van der Waals surface area (Å²) in [7, 11) is -3.29. The predicted octanol–water partition coefficient (Wildman–Crippen LogP) is 0.165. The molecule has 2 heterocycles. The molecular weight excluding hydrogens is 304 g/mol. The Morgan fingerprint density at radius 1 is 1.55 bits per heavy atom. The third-order valence-corrected chi connectivity index (χ3v) is 5.75. The summed E-state index contributed by atoms with van der Waals surface area (Å²) in [5, 5.41) is 8.88. The van der Waals surface area contributed by atoms with Crippen LogP contribution in [0.2, 0.25) is 0 Å². The monoisotopic (exact) mass is 318 g/mol. The van der Waals surface area contributed by atoms with Crippen molar-refractivity contribution in [3.05, 3.63) is 16.1 Å². The number of aryl methyl sites for hydroxylation is 1. The second-order valence-electron chi connectivity index (χ2n) is 4.63. The van der Waals surface area contributed by atoms with E-state index < -0.39 is 21.8 Å². The van der Waals surface area contributed by atoms with Gasteiger partial charge in [-0.05, 0) is 6.92 Å². The van der Waals surface area contributed by atoms with Crippen LogP contribution >= 0.6 is 11.3 Å². The number of carbonyl (C=O) groups excluding carboxylic acids is 1. The molecule has 2 rings (SSSR count). The number of aromatic nitrogens is 1. The summed E-state index contributed by atoms with van der Waals surface area (Å²) in [6.07, 6.45) is -0.372. The first-order chi connectivity index (χ1) is 9.30. The third-order valence-electron chi connectivity index (χ3n) is 3.14. The first kappa shape index (κ1) is 14.9. The van der Waals surface area contributed by atoms with Gasteiger partial charge < -0.3 is 10.0 Å². The molecule has 0 bridgehead atoms. The summed E-state index contributed by atoms with van der Waals surface area (Å²) < 4.78 is 23.2. The van der Waals surface area contributed by atoms with Gasteiger partial charge in [0, 0.05) is 6.54 Å². The second-order valence-corrected chi connectivity index (χ2v) is 7.71. The van der Waals surface area contributed by atoms with Crippen molar-refractivity contribution in [1.82, 2.24) is 9.88 Å². The number of sulfone groups is 1. The van der Waals surface area contributed by atoms with E-state index >= 15 is 0 Å². The fourth-order valence-corrected chi connectivity index (χ4v) is 4.45. The zero-order chi connectivity index (χ0) is 14.9. The van der Waals surface area contributed by atoms with Gasteiger partial charge >= 0.3 is 5.97 Å². The van der Waals surface area contributed by atoms with Crippen molar-refractivity contribution in [1.29, 1.82) is 0 Å². The average molecular weight is 318 g/mol. The summed E-state index contributed by atoms with van der Waals surface area (Å²) >= 11 is 1.17. The number of hydrogen-bond acceptors (Lipinski definition) is 6. The molecule has 0 spiro atoms. The lowest BCUT2D eigenvalue weighted by Crippen LogP contribution is -2.51. The Morgan fingerprint density at radius 3 is 2.80 bits per heavy atom. The van der Waals surface area contributed by atoms with Crippen LogP contribution in [0.3, 0.4) is 0 Å². The minimum absolute atomic E-state index is 0.0243. The zero-order valence-corrected chi connectivity index (χ0v) is 12.4. The Bertz CT molecular complexity index is 637. The molecule has 1 amide bonds. The van der Waals surface area contributed by atoms with E-state index in [0.29, 0.717) is 10.6 Å². The van der Waals surface area contributed by atoms with Gasteiger partial charge in [0.25, 0.3) is 5.91 Å². The van der Waals surface area contributed by atoms with Crippen molar-refractivity contribution in [2.75, 3.05) is 18.1 Å². The summed E-state index contributed by atoms with van der Waals surface area (Å²) in [4.78, 5) is 29.0. The summed E-state index contributed by atoms with van der Waals surface area (Å²) in [5.74, 6) is -1.90. The van der Waals surface area contributed by atoms with Crippen molar-refractivity contribution < 1.29 is 23.1 Å². The Labute approximate surface area is 120 Å². The van der Waals surface area contributed by atoms with Crippen LogP contribution in [0.5, 0.6) is 0 Å². The van der Waals surface area contributed by atoms with Crippen LogP contribution in [0.1, 0.15) is 21.8 Å². The van der Waals surface area contributed by atoms with Gasteiger partial charge in [-0.3, -0.25) is 9.59 Å². The number of aliphatic carboxylic acids is 1. The van der Waals surface area contributed by atoms with Gasteiger partial charge in [-0.15, -0.1) is 11.3 Å². The number of amides is 1. The molecule has 0 aliphatic carbocycles. The van der Waals surface area contributed by atoms with E-state index in [-0.39, 0.29) is 30.4 Å². The minimum Gasteiger partial charge on any atom is -0.481 e. The van der Waals surface area contributed by atoms with Gasteiger partial charge in [-0.2, -0.15) is 0 Å². The topological polar surface area (TPSA) is 105 Å². The molecule has 1 saturated heterocycles. The maximum Gasteiger partial charge on any atom is 0.305 e. The van der Waals surface area contributed by atoms with Crippen LogP contribution in [0, 0.1) is 6.92 Å². The summed E-state index contributed by atoms with van der Waals surface area (Å²) in [6, 6.07) is -0.819. The molecule has 0 saturated carbocycles. The van der Waals surface area contributed by atoms with E-state index in [0.717, 1.165) is 0 Å². The molecule has 1 aromatic rings. The third kappa shape index (κ3) is 3.15. The predicted molar refractivity (Wildman–Crippen MR) is 72.6 cm³/mol. The highest BCUT2D eigenvalue weighted by Crippen LogP contribution is 2.21. The van der Waals surface area contributed by atoms with Crippen LogP contribution in [0.15, 0.2) is 5.51 Å². The number of carboxylic acid groups (broad SMARTS) is 1. The minimum atomic E-state index is -3.29. The van der Waals surface area contributed by atoms with Crippen LogP contribution in [0.4, 0.5) is 0 Å². The Kier molecular flexibility index (Phi) is 4.09. The van der Waals surface area contributed by atoms with E-state index in [1.54, 1.807) is 6.92 Å². The van der Waals surface area contributed by atoms with Gasteiger partial charge in [0.1, 0.15) is 4.88 Å². The number of carbonyl (C=O) groups is 2. The molecule has 1 fully saturated rings. The van der Waals surface area contributed by atoms with Crippen molar-refractivity contribution in [2.24, 2.45) is 0 Å². The first-order valence-electron chi connectivity index (χ1n) is 5.93. The van der Waals surface area contributed by atoms with Gasteiger partial charge in [0.15, 0.2) is 9.84 Å². The Hall–Kier alpha value is -1.48. The quantitative estimate of drug-likeness (QED) is 0.851. The van der Waals surface area contributed by atoms with Gasteiger partial charge in [0.05, 0.1) is 35.2 Å². The average Bonchev–Trinajstić information content (AvgIpc) is 2.73. The van der Waals surface area contributed by atoms with Crippen LogP contribution in [0.25, 0.3) is 0 Å². The summed E-state index contributed by atoms with van der Waals surface area (Å²) in [5.41, 5.74) is 2.11. The van der Waals surface area contributed by atoms with E-state index in [1.807, 2.05) is 0 Å². The van der Waals surface area contributed by atoms with E-state index in [2.05, 4.69) is 4.98 Å². The molecule has 1 atom stereocenters. The Morgan fingerprint density at radius 2 is 2.25 bits per heavy atom. The van der Waals surface area contributed by atoms with Crippen molar-refractivity contribution >= 4 is 33.1 Å². The molecular formula is C11H14N2O5S2. The maximum absolute atomic E-state index is 12.4. The molecule has 0 radical (unpaired) electrons. The van der Waals surface area contributed by atoms with Crippen molar-refractivity contribution in [3.8, 4) is 0 Å². The van der Waals surface area contributed by atoms with E-state index in [1.165, 1.54) is 21.7 Å². The maximum atomic E-state index is 12.4. The highest BCUT2D eigenvalue weighted by atomic mass is 32.2. The molecule has 0 aromatic carbocycles. The van der Waals surface area contributed by atoms with Gasteiger partial charge in [-0.25, -0.2) is 13.4 Å². The lowest BCUT2D eigenvalue weighted by atomic mass is 10.2. The van der Waals surface area contributed by atoms with Crippen LogP contribution in [-0.2, 0) is 14.6 Å². The fraction of sp³-hybridized carbons (Fsp3) is 0.545. The van der Waals surface area contributed by atoms with E-state index in [9.17, 15) is 18.0 Å². The molecule has 1 aliphatic heterocycles. The first-order valence-corrected chi connectivity index (χ1v) is 8.63. The molecule has 7 nitrogen and oxygen atoms in total. The lowest BCUT2D eigenvalue weighted by Gasteiger charge is -2.34. The second kappa shape index (κ2) is 5.49. The normalized spacial score (nSPS) is 21.6. The number of rotatable bonds is 3. The Balaban J connectivity index is 2.26. The molecule has 110 valence electrons. The largest absolute Gasteiger partial charge is 0.481 e. The molecule has 9 heteroatoms. The van der Waals surface area contributed by atoms with Gasteiger partial charge in [-0.1, -0.05) is 0 Å². The SMILES string of the molecule is Cc1ncsc1C(=O)N1CCS(=O)(=O)CC1CC(=O)O. The van der Waals surface area contributed by atoms with Crippen LogP contribution < -0.4 is 0 Å². The molecule has 1 N–H and O–H groups in total. The molecule has 20 heavy (non-hydrogen) atoms. The number of thiazole rings is 1. The van der Waals surface area contributed by atoms with Gasteiger partial charge in [0.2, 0.25) is 0 Å². The van der Waals surface area contributed by atoms with E-state index in [4.69, 9.17) is 5.11 Å². The zero-order valence-electron chi connectivity index (χ0n) is 10.8. The molecule has 1 unspecified atom stereocenters. The fourth-order valence-electron chi connectivity index (χ4n) is 2.16. The number of hydrogen-bond donors (Lipinski definition) is 1. The molecule has 1 aliphatic rings. The number of carboxylic acids is 1. The highest BCUT2D eigenvalue weighted by Gasteiger charge is 2.36. The summed E-state index contributed by atoms with van der Waals surface area (Å²) in [6.45, 7) is 1.72. The number of nitrogens with zero attached hydrogens (tertiary/aromatic N) is 2. The van der Waals surface area contributed by atoms with Crippen molar-refractivity contribution in [2.45, 2.75) is 19.4 Å². The highest BCUT2D eigenvalue weighted by molar-refractivity contribution is 7.91. The molecule has 1 aromatic heterocycles. The smallest absolute Gasteiger partial charge is 0.305 e. The standard InChI is InChI=1S/C11H14N2O5S2/c1-7-10(19-6-12-7)11(16)13-2-3-20(17,18)5-8(13)4-9(14)15/h6,8H,2-5H2,1H3,(H,14,15). The van der Waals surface area contributed by atoms with Crippen LogP contribution in [-0.4, -0.2) is 59.4 Å². The lowest BCUT2D eigenvalue weighted by molar-refractivity contribution is -0.138. The van der Waals surface area contributed by atoms with Crippen molar-refractivity contribution in [3.63, 3.8) is 0 Å².